The van der Waals surface area contributed by atoms with E-state index in [9.17, 15) is 0 Å². The summed E-state index contributed by atoms with van der Waals surface area (Å²) < 4.78 is 5.33. The van der Waals surface area contributed by atoms with Crippen LogP contribution in [0, 0.1) is 13.8 Å². The van der Waals surface area contributed by atoms with E-state index in [1.54, 1.807) is 0 Å². The largest absolute Gasteiger partial charge is 0.334 e. The molecule has 1 atom stereocenters. The molecule has 0 spiro atoms. The molecule has 1 aromatic heterocycles. The molecule has 104 valence electrons. The third kappa shape index (κ3) is 3.78. The van der Waals surface area contributed by atoms with Gasteiger partial charge in [0.1, 0.15) is 0 Å². The Labute approximate surface area is 120 Å². The van der Waals surface area contributed by atoms with Gasteiger partial charge >= 0.3 is 0 Å². The predicted octanol–water partition coefficient (Wildman–Crippen LogP) is 2.93. The van der Waals surface area contributed by atoms with Crippen LogP contribution in [0.25, 0.3) is 11.5 Å². The molecule has 0 aliphatic rings. The maximum absolute atomic E-state index is 5.33. The summed E-state index contributed by atoms with van der Waals surface area (Å²) in [6.07, 6.45) is 0.769. The molecule has 0 bridgehead atoms. The summed E-state index contributed by atoms with van der Waals surface area (Å²) in [4.78, 5) is 4.44. The molecule has 1 heterocycles. The fourth-order valence-electron chi connectivity index (χ4n) is 1.88. The minimum absolute atomic E-state index is 0. The Balaban J connectivity index is 0.00000180. The lowest BCUT2D eigenvalue weighted by Gasteiger charge is -2.04. The summed E-state index contributed by atoms with van der Waals surface area (Å²) in [6.45, 7) is 6.22. The van der Waals surface area contributed by atoms with Crippen LogP contribution in [0.3, 0.4) is 0 Å². The van der Waals surface area contributed by atoms with Crippen molar-refractivity contribution in [2.24, 2.45) is 0 Å². The molecule has 1 N–H and O–H groups in total. The van der Waals surface area contributed by atoms with E-state index >= 15 is 0 Å². The first kappa shape index (κ1) is 15.7. The van der Waals surface area contributed by atoms with Crippen molar-refractivity contribution in [1.82, 2.24) is 15.5 Å². The summed E-state index contributed by atoms with van der Waals surface area (Å²) in [5.41, 5.74) is 3.41. The van der Waals surface area contributed by atoms with E-state index in [0.29, 0.717) is 11.9 Å². The third-order valence-corrected chi connectivity index (χ3v) is 3.06. The Hall–Kier alpha value is -1.39. The van der Waals surface area contributed by atoms with Crippen molar-refractivity contribution >= 4 is 12.4 Å². The van der Waals surface area contributed by atoms with Gasteiger partial charge < -0.3 is 9.84 Å². The number of aryl methyl sites for hydroxylation is 2. The minimum Gasteiger partial charge on any atom is -0.334 e. The zero-order valence-corrected chi connectivity index (χ0v) is 12.5. The molecule has 19 heavy (non-hydrogen) atoms. The van der Waals surface area contributed by atoms with Crippen molar-refractivity contribution in [2.45, 2.75) is 33.2 Å². The summed E-state index contributed by atoms with van der Waals surface area (Å²) in [5.74, 6) is 1.35. The number of nitrogens with zero attached hydrogens (tertiary/aromatic N) is 2. The van der Waals surface area contributed by atoms with Gasteiger partial charge in [-0.1, -0.05) is 22.9 Å². The lowest BCUT2D eigenvalue weighted by molar-refractivity contribution is 0.418. The van der Waals surface area contributed by atoms with E-state index in [4.69, 9.17) is 4.52 Å². The van der Waals surface area contributed by atoms with Crippen LogP contribution in [0.4, 0.5) is 0 Å². The summed E-state index contributed by atoms with van der Waals surface area (Å²) >= 11 is 0. The topological polar surface area (TPSA) is 51.0 Å². The van der Waals surface area contributed by atoms with Gasteiger partial charge in [0.15, 0.2) is 5.82 Å². The van der Waals surface area contributed by atoms with Crippen LogP contribution in [0.15, 0.2) is 22.7 Å². The second-order valence-electron chi connectivity index (χ2n) is 4.73. The van der Waals surface area contributed by atoms with Crippen molar-refractivity contribution in [1.29, 1.82) is 0 Å². The normalized spacial score (nSPS) is 12.0. The molecular formula is C14H20ClN3O. The number of hydrogen-bond acceptors (Lipinski definition) is 4. The fourth-order valence-corrected chi connectivity index (χ4v) is 1.88. The second kappa shape index (κ2) is 6.68. The Kier molecular flexibility index (Phi) is 5.51. The molecular weight excluding hydrogens is 262 g/mol. The van der Waals surface area contributed by atoms with Gasteiger partial charge in [0.25, 0.3) is 5.89 Å². The molecule has 0 fully saturated rings. The maximum atomic E-state index is 5.33. The zero-order valence-electron chi connectivity index (χ0n) is 11.7. The molecule has 0 saturated heterocycles. The first-order valence-corrected chi connectivity index (χ1v) is 6.17. The molecule has 2 aromatic rings. The SMILES string of the molecule is CNC(C)Cc1noc(-c2ccc(C)cc2C)n1.Cl. The predicted molar refractivity (Wildman–Crippen MR) is 78.7 cm³/mol. The summed E-state index contributed by atoms with van der Waals surface area (Å²) in [6, 6.07) is 6.55. The Morgan fingerprint density at radius 2 is 2.05 bits per heavy atom. The number of benzene rings is 1. The van der Waals surface area contributed by atoms with E-state index in [-0.39, 0.29) is 12.4 Å². The van der Waals surface area contributed by atoms with E-state index in [0.717, 1.165) is 23.4 Å². The molecule has 1 unspecified atom stereocenters. The number of likely N-dealkylation sites (N-methyl/N-ethyl adjacent to an activating group) is 1. The first-order valence-electron chi connectivity index (χ1n) is 6.17. The van der Waals surface area contributed by atoms with Gasteiger partial charge in [-0.05, 0) is 39.4 Å². The van der Waals surface area contributed by atoms with Crippen LogP contribution in [-0.4, -0.2) is 23.2 Å². The Bertz CT molecular complexity index is 539. The Morgan fingerprint density at radius 1 is 1.32 bits per heavy atom. The van der Waals surface area contributed by atoms with Gasteiger partial charge in [-0.2, -0.15) is 4.98 Å². The highest BCUT2D eigenvalue weighted by molar-refractivity contribution is 5.85. The van der Waals surface area contributed by atoms with Gasteiger partial charge in [-0.3, -0.25) is 0 Å². The highest BCUT2D eigenvalue weighted by Crippen LogP contribution is 2.22. The molecule has 0 radical (unpaired) electrons. The number of halogens is 1. The van der Waals surface area contributed by atoms with E-state index in [1.165, 1.54) is 5.56 Å². The second-order valence-corrected chi connectivity index (χ2v) is 4.73. The molecule has 5 heteroatoms. The highest BCUT2D eigenvalue weighted by Gasteiger charge is 2.12. The van der Waals surface area contributed by atoms with Gasteiger partial charge in [-0.15, -0.1) is 12.4 Å². The van der Waals surface area contributed by atoms with E-state index in [2.05, 4.69) is 48.4 Å². The maximum Gasteiger partial charge on any atom is 0.258 e. The van der Waals surface area contributed by atoms with Crippen molar-refractivity contribution in [2.75, 3.05) is 7.05 Å². The van der Waals surface area contributed by atoms with E-state index in [1.807, 2.05) is 13.1 Å². The smallest absolute Gasteiger partial charge is 0.258 e. The van der Waals surface area contributed by atoms with Crippen LogP contribution >= 0.6 is 12.4 Å². The first-order chi connectivity index (χ1) is 8.60. The van der Waals surface area contributed by atoms with Crippen LogP contribution in [-0.2, 0) is 6.42 Å². The molecule has 1 aromatic carbocycles. The van der Waals surface area contributed by atoms with Crippen LogP contribution in [0.5, 0.6) is 0 Å². The average Bonchev–Trinajstić information content (AvgIpc) is 2.77. The van der Waals surface area contributed by atoms with Gasteiger partial charge in [-0.25, -0.2) is 0 Å². The van der Waals surface area contributed by atoms with Crippen molar-refractivity contribution in [3.63, 3.8) is 0 Å². The van der Waals surface area contributed by atoms with Crippen LogP contribution < -0.4 is 5.32 Å². The quantitative estimate of drug-likeness (QED) is 0.936. The summed E-state index contributed by atoms with van der Waals surface area (Å²) in [5, 5.41) is 7.18. The number of hydrogen-bond donors (Lipinski definition) is 1. The summed E-state index contributed by atoms with van der Waals surface area (Å²) in [7, 11) is 1.93. The number of rotatable bonds is 4. The highest BCUT2D eigenvalue weighted by atomic mass is 35.5. The zero-order chi connectivity index (χ0) is 13.1. The molecule has 0 amide bonds. The standard InChI is InChI=1S/C14H19N3O.ClH/c1-9-5-6-12(10(2)7-9)14-16-13(17-18-14)8-11(3)15-4;/h5-7,11,15H,8H2,1-4H3;1H. The van der Waals surface area contributed by atoms with Gasteiger partial charge in [0.2, 0.25) is 0 Å². The lowest BCUT2D eigenvalue weighted by atomic mass is 10.1. The average molecular weight is 282 g/mol. The molecule has 0 saturated carbocycles. The minimum atomic E-state index is 0. The fraction of sp³-hybridized carbons (Fsp3) is 0.429. The van der Waals surface area contributed by atoms with Crippen LogP contribution in [0.2, 0.25) is 0 Å². The molecule has 0 aliphatic carbocycles. The molecule has 2 rings (SSSR count). The monoisotopic (exact) mass is 281 g/mol. The third-order valence-electron chi connectivity index (χ3n) is 3.06. The number of aromatic nitrogens is 2. The number of nitrogens with one attached hydrogen (secondary N) is 1. The van der Waals surface area contributed by atoms with Crippen LogP contribution in [0.1, 0.15) is 23.9 Å². The van der Waals surface area contributed by atoms with Crippen molar-refractivity contribution < 1.29 is 4.52 Å². The van der Waals surface area contributed by atoms with Gasteiger partial charge in [0.05, 0.1) is 0 Å². The van der Waals surface area contributed by atoms with E-state index < -0.39 is 0 Å². The van der Waals surface area contributed by atoms with Crippen molar-refractivity contribution in [3.8, 4) is 11.5 Å². The molecule has 4 nitrogen and oxygen atoms in total. The van der Waals surface area contributed by atoms with Gasteiger partial charge in [0, 0.05) is 18.0 Å². The molecule has 0 aliphatic heterocycles. The van der Waals surface area contributed by atoms with Crippen molar-refractivity contribution in [3.05, 3.63) is 35.2 Å². The lowest BCUT2D eigenvalue weighted by Crippen LogP contribution is -2.24. The Morgan fingerprint density at radius 3 is 2.68 bits per heavy atom.